The lowest BCUT2D eigenvalue weighted by molar-refractivity contribution is 0.294. The van der Waals surface area contributed by atoms with Gasteiger partial charge in [-0.25, -0.2) is 26.3 Å². The first-order valence-corrected chi connectivity index (χ1v) is 9.16. The number of phosphoric ester groups is 1. The molecule has 0 saturated carbocycles. The molecule has 0 bridgehead atoms. The number of halogens is 6. The molecule has 3 aromatic rings. The van der Waals surface area contributed by atoms with Crippen molar-refractivity contribution in [1.82, 2.24) is 0 Å². The third-order valence-electron chi connectivity index (χ3n) is 3.31. The summed E-state index contributed by atoms with van der Waals surface area (Å²) in [5, 5.41) is 0. The van der Waals surface area contributed by atoms with Crippen molar-refractivity contribution in [2.75, 3.05) is 0 Å². The summed E-state index contributed by atoms with van der Waals surface area (Å²) in [4.78, 5) is 0. The third-order valence-corrected chi connectivity index (χ3v) is 4.61. The van der Waals surface area contributed by atoms with E-state index in [0.717, 1.165) is 0 Å². The van der Waals surface area contributed by atoms with Gasteiger partial charge in [-0.05, 0) is 12.1 Å². The Morgan fingerprint density at radius 3 is 1.28 bits per heavy atom. The van der Waals surface area contributed by atoms with Gasteiger partial charge in [-0.3, -0.25) is 0 Å². The molecule has 0 atom stereocenters. The molecule has 29 heavy (non-hydrogen) atoms. The summed E-state index contributed by atoms with van der Waals surface area (Å²) in [7, 11) is -4.91. The lowest BCUT2D eigenvalue weighted by atomic mass is 10.3. The van der Waals surface area contributed by atoms with Crippen molar-refractivity contribution in [3.05, 3.63) is 89.5 Å². The first kappa shape index (κ1) is 20.6. The van der Waals surface area contributed by atoms with Crippen LogP contribution >= 0.6 is 7.82 Å². The number of hydrogen-bond donors (Lipinski definition) is 0. The molecule has 3 aromatic carbocycles. The fourth-order valence-corrected chi connectivity index (χ4v) is 3.31. The predicted octanol–water partition coefficient (Wildman–Crippen LogP) is 6.17. The highest BCUT2D eigenvalue weighted by atomic mass is 31.2. The molecule has 0 aliphatic rings. The Hall–Kier alpha value is -3.13. The van der Waals surface area contributed by atoms with E-state index < -0.39 is 54.2 Å². The van der Waals surface area contributed by atoms with E-state index in [4.69, 9.17) is 13.6 Å². The highest BCUT2D eigenvalue weighted by Crippen LogP contribution is 2.50. The average Bonchev–Trinajstić information content (AvgIpc) is 2.64. The molecule has 0 aliphatic carbocycles. The summed E-state index contributed by atoms with van der Waals surface area (Å²) in [6, 6.07) is 8.54. The van der Waals surface area contributed by atoms with Gasteiger partial charge in [-0.15, -0.1) is 0 Å². The van der Waals surface area contributed by atoms with Crippen molar-refractivity contribution >= 4 is 7.82 Å². The highest BCUT2D eigenvalue weighted by molar-refractivity contribution is 7.49. The fourth-order valence-electron chi connectivity index (χ4n) is 2.09. The van der Waals surface area contributed by atoms with Gasteiger partial charge < -0.3 is 13.6 Å². The molecular weight excluding hydrogens is 425 g/mol. The lowest BCUT2D eigenvalue weighted by Gasteiger charge is -2.19. The zero-order valence-electron chi connectivity index (χ0n) is 14.0. The Morgan fingerprint density at radius 1 is 0.552 bits per heavy atom. The molecular formula is C18H9F6O4P. The van der Waals surface area contributed by atoms with E-state index in [-0.39, 0.29) is 5.75 Å². The van der Waals surface area contributed by atoms with Crippen LogP contribution in [0.25, 0.3) is 0 Å². The average molecular weight is 434 g/mol. The maximum absolute atomic E-state index is 13.4. The minimum atomic E-state index is -4.91. The minimum Gasteiger partial charge on any atom is -0.386 e. The molecule has 4 nitrogen and oxygen atoms in total. The standard InChI is InChI=1S/C18H9F6O4P/c19-13-6-11(7-14(20)17(13)23)27-29(25,26-10-4-2-1-3-5-10)28-12-8-15(21)18(24)16(22)9-12/h1-9H. The van der Waals surface area contributed by atoms with Gasteiger partial charge in [0.1, 0.15) is 17.2 Å². The molecule has 11 heteroatoms. The van der Waals surface area contributed by atoms with Crippen LogP contribution in [0.4, 0.5) is 26.3 Å². The molecule has 0 unspecified atom stereocenters. The molecule has 0 fully saturated rings. The van der Waals surface area contributed by atoms with E-state index in [1.807, 2.05) is 0 Å². The smallest absolute Gasteiger partial charge is 0.386 e. The van der Waals surface area contributed by atoms with E-state index in [0.29, 0.717) is 24.3 Å². The van der Waals surface area contributed by atoms with Crippen LogP contribution in [0.5, 0.6) is 17.2 Å². The zero-order chi connectivity index (χ0) is 21.2. The van der Waals surface area contributed by atoms with Crippen LogP contribution in [-0.4, -0.2) is 0 Å². The quantitative estimate of drug-likeness (QED) is 0.265. The predicted molar refractivity (Wildman–Crippen MR) is 88.6 cm³/mol. The summed E-state index contributed by atoms with van der Waals surface area (Å²) in [6.45, 7) is 0. The highest BCUT2D eigenvalue weighted by Gasteiger charge is 2.34. The van der Waals surface area contributed by atoms with E-state index >= 15 is 0 Å². The second kappa shape index (κ2) is 8.08. The third kappa shape index (κ3) is 4.83. The van der Waals surface area contributed by atoms with E-state index in [9.17, 15) is 30.9 Å². The zero-order valence-corrected chi connectivity index (χ0v) is 14.9. The summed E-state index contributed by atoms with van der Waals surface area (Å²) in [5.74, 6) is -12.0. The number of para-hydroxylation sites is 1. The molecule has 0 amide bonds. The van der Waals surface area contributed by atoms with Crippen LogP contribution in [0.15, 0.2) is 54.6 Å². The molecule has 0 spiro atoms. The van der Waals surface area contributed by atoms with Gasteiger partial charge in [0.05, 0.1) is 0 Å². The van der Waals surface area contributed by atoms with Crippen LogP contribution in [0.1, 0.15) is 0 Å². The van der Waals surface area contributed by atoms with E-state index in [1.165, 1.54) is 24.3 Å². The van der Waals surface area contributed by atoms with Crippen molar-refractivity contribution in [3.63, 3.8) is 0 Å². The Labute approximate surface area is 159 Å². The Balaban J connectivity index is 1.99. The minimum absolute atomic E-state index is 0.109. The topological polar surface area (TPSA) is 44.8 Å². The van der Waals surface area contributed by atoms with Gasteiger partial charge in [-0.2, -0.15) is 4.57 Å². The molecule has 152 valence electrons. The van der Waals surface area contributed by atoms with E-state index in [1.54, 1.807) is 6.07 Å². The van der Waals surface area contributed by atoms with Gasteiger partial charge in [-0.1, -0.05) is 18.2 Å². The maximum atomic E-state index is 13.4. The summed E-state index contributed by atoms with van der Waals surface area (Å²) in [6.07, 6.45) is 0. The van der Waals surface area contributed by atoms with E-state index in [2.05, 4.69) is 0 Å². The summed E-state index contributed by atoms with van der Waals surface area (Å²) < 4.78 is 108. The summed E-state index contributed by atoms with van der Waals surface area (Å²) >= 11 is 0. The van der Waals surface area contributed by atoms with Gasteiger partial charge in [0, 0.05) is 24.3 Å². The number of benzene rings is 3. The second-order valence-corrected chi connectivity index (χ2v) is 6.88. The number of phosphoric acid groups is 1. The monoisotopic (exact) mass is 434 g/mol. The Kier molecular flexibility index (Phi) is 5.74. The van der Waals surface area contributed by atoms with Gasteiger partial charge in [0.2, 0.25) is 0 Å². The SMILES string of the molecule is O=P(Oc1ccccc1)(Oc1cc(F)c(F)c(F)c1)Oc1cc(F)c(F)c(F)c1. The first-order chi connectivity index (χ1) is 13.7. The van der Waals surface area contributed by atoms with Gasteiger partial charge >= 0.3 is 7.82 Å². The van der Waals surface area contributed by atoms with Crippen LogP contribution in [0.3, 0.4) is 0 Å². The molecule has 0 heterocycles. The molecule has 3 rings (SSSR count). The fraction of sp³-hybridized carbons (Fsp3) is 0. The second-order valence-electron chi connectivity index (χ2n) is 5.44. The normalized spacial score (nSPS) is 11.2. The van der Waals surface area contributed by atoms with Gasteiger partial charge in [0.25, 0.3) is 0 Å². The lowest BCUT2D eigenvalue weighted by Crippen LogP contribution is -2.09. The Bertz CT molecular complexity index is 983. The molecule has 0 aliphatic heterocycles. The van der Waals surface area contributed by atoms with Crippen molar-refractivity contribution in [2.45, 2.75) is 0 Å². The van der Waals surface area contributed by atoms with Crippen molar-refractivity contribution in [3.8, 4) is 17.2 Å². The largest absolute Gasteiger partial charge is 0.647 e. The Morgan fingerprint density at radius 2 is 0.897 bits per heavy atom. The molecule has 0 radical (unpaired) electrons. The van der Waals surface area contributed by atoms with Gasteiger partial charge in [0.15, 0.2) is 34.9 Å². The van der Waals surface area contributed by atoms with Crippen LogP contribution in [-0.2, 0) is 4.57 Å². The van der Waals surface area contributed by atoms with Crippen molar-refractivity contribution in [2.24, 2.45) is 0 Å². The molecule has 0 aromatic heterocycles. The summed E-state index contributed by atoms with van der Waals surface area (Å²) in [5.41, 5.74) is 0. The number of rotatable bonds is 6. The first-order valence-electron chi connectivity index (χ1n) is 7.70. The molecule has 0 N–H and O–H groups in total. The van der Waals surface area contributed by atoms with Crippen molar-refractivity contribution < 1.29 is 44.5 Å². The van der Waals surface area contributed by atoms with Crippen molar-refractivity contribution in [1.29, 1.82) is 0 Å². The van der Waals surface area contributed by atoms with Crippen LogP contribution in [0, 0.1) is 34.9 Å². The maximum Gasteiger partial charge on any atom is 0.647 e. The van der Waals surface area contributed by atoms with Crippen LogP contribution in [0.2, 0.25) is 0 Å². The molecule has 0 saturated heterocycles. The van der Waals surface area contributed by atoms with Crippen LogP contribution < -0.4 is 13.6 Å². The number of hydrogen-bond acceptors (Lipinski definition) is 4.